The molecule has 1 aromatic heterocycles. The number of nitrogens with zero attached hydrogens (tertiary/aromatic N) is 2. The predicted octanol–water partition coefficient (Wildman–Crippen LogP) is 2.68. The number of benzene rings is 1. The first-order chi connectivity index (χ1) is 9.10. The van der Waals surface area contributed by atoms with Crippen molar-refractivity contribution < 1.29 is 4.52 Å². The Morgan fingerprint density at radius 1 is 1.21 bits per heavy atom. The smallest absolute Gasteiger partial charge is 0.231 e. The van der Waals surface area contributed by atoms with Crippen LogP contribution in [0.15, 0.2) is 28.8 Å². The summed E-state index contributed by atoms with van der Waals surface area (Å²) in [7, 11) is 1.94. The lowest BCUT2D eigenvalue weighted by molar-refractivity contribution is 0.333. The summed E-state index contributed by atoms with van der Waals surface area (Å²) in [6.07, 6.45) is 0.713. The van der Waals surface area contributed by atoms with Crippen molar-refractivity contribution in [1.29, 1.82) is 0 Å². The van der Waals surface area contributed by atoms with Gasteiger partial charge in [0.05, 0.1) is 5.92 Å². The number of rotatable bonds is 5. The summed E-state index contributed by atoms with van der Waals surface area (Å²) >= 11 is 0. The molecule has 2 atom stereocenters. The van der Waals surface area contributed by atoms with E-state index in [1.165, 1.54) is 11.1 Å². The van der Waals surface area contributed by atoms with Gasteiger partial charge in [0.1, 0.15) is 0 Å². The Labute approximate surface area is 114 Å². The molecule has 0 spiro atoms. The fraction of sp³-hybridized carbons (Fsp3) is 0.467. The van der Waals surface area contributed by atoms with Gasteiger partial charge in [-0.3, -0.25) is 0 Å². The third-order valence-corrected chi connectivity index (χ3v) is 3.56. The van der Waals surface area contributed by atoms with Crippen LogP contribution in [0.3, 0.4) is 0 Å². The summed E-state index contributed by atoms with van der Waals surface area (Å²) < 4.78 is 5.34. The van der Waals surface area contributed by atoms with Gasteiger partial charge < -0.3 is 9.84 Å². The van der Waals surface area contributed by atoms with Crippen molar-refractivity contribution in [3.63, 3.8) is 0 Å². The van der Waals surface area contributed by atoms with E-state index in [1.807, 2.05) is 7.05 Å². The van der Waals surface area contributed by atoms with Crippen molar-refractivity contribution in [2.75, 3.05) is 7.05 Å². The molecule has 19 heavy (non-hydrogen) atoms. The van der Waals surface area contributed by atoms with Crippen LogP contribution in [-0.2, 0) is 6.42 Å². The molecule has 0 saturated heterocycles. The molecule has 0 aliphatic rings. The summed E-state index contributed by atoms with van der Waals surface area (Å²) in [5, 5.41) is 7.26. The molecule has 2 unspecified atom stereocenters. The molecule has 1 N–H and O–H groups in total. The minimum absolute atomic E-state index is 0.212. The average Bonchev–Trinajstić information content (AvgIpc) is 2.88. The lowest BCUT2D eigenvalue weighted by atomic mass is 10.0. The molecular formula is C15H21N3O. The van der Waals surface area contributed by atoms with E-state index in [-0.39, 0.29) is 5.92 Å². The van der Waals surface area contributed by atoms with Crippen molar-refractivity contribution in [2.24, 2.45) is 0 Å². The van der Waals surface area contributed by atoms with Gasteiger partial charge in [-0.15, -0.1) is 0 Å². The monoisotopic (exact) mass is 259 g/mol. The third-order valence-electron chi connectivity index (χ3n) is 3.56. The van der Waals surface area contributed by atoms with E-state index in [0.29, 0.717) is 18.4 Å². The molecule has 0 bridgehead atoms. The van der Waals surface area contributed by atoms with Gasteiger partial charge in [-0.05, 0) is 26.5 Å². The summed E-state index contributed by atoms with van der Waals surface area (Å²) in [4.78, 5) is 4.48. The van der Waals surface area contributed by atoms with Gasteiger partial charge in [0.15, 0.2) is 5.82 Å². The van der Waals surface area contributed by atoms with Gasteiger partial charge in [-0.1, -0.05) is 41.9 Å². The number of likely N-dealkylation sites (N-methyl/N-ethyl adjacent to an activating group) is 1. The van der Waals surface area contributed by atoms with Crippen LogP contribution < -0.4 is 5.32 Å². The normalized spacial score (nSPS) is 14.3. The zero-order chi connectivity index (χ0) is 13.8. The fourth-order valence-corrected chi connectivity index (χ4v) is 1.88. The van der Waals surface area contributed by atoms with Crippen LogP contribution >= 0.6 is 0 Å². The molecular weight excluding hydrogens is 238 g/mol. The lowest BCUT2D eigenvalue weighted by Gasteiger charge is -2.14. The zero-order valence-corrected chi connectivity index (χ0v) is 12.0. The molecule has 4 nitrogen and oxygen atoms in total. The second kappa shape index (κ2) is 5.97. The molecule has 0 fully saturated rings. The summed E-state index contributed by atoms with van der Waals surface area (Å²) in [5.41, 5.74) is 2.46. The minimum Gasteiger partial charge on any atom is -0.339 e. The van der Waals surface area contributed by atoms with Crippen LogP contribution in [0.2, 0.25) is 0 Å². The van der Waals surface area contributed by atoms with E-state index in [4.69, 9.17) is 4.52 Å². The topological polar surface area (TPSA) is 51.0 Å². The predicted molar refractivity (Wildman–Crippen MR) is 75.2 cm³/mol. The summed E-state index contributed by atoms with van der Waals surface area (Å²) in [6, 6.07) is 8.72. The number of hydrogen-bond acceptors (Lipinski definition) is 4. The average molecular weight is 259 g/mol. The Hall–Kier alpha value is -1.68. The van der Waals surface area contributed by atoms with Crippen LogP contribution in [0.5, 0.6) is 0 Å². The van der Waals surface area contributed by atoms with Gasteiger partial charge in [0.25, 0.3) is 0 Å². The number of hydrogen-bond donors (Lipinski definition) is 1. The van der Waals surface area contributed by atoms with E-state index in [1.54, 1.807) is 0 Å². The molecule has 102 valence electrons. The standard InChI is InChI=1S/C15H21N3O/c1-10-5-7-13(8-6-10)9-14-17-15(19-18-14)11(2)12(3)16-4/h5-8,11-12,16H,9H2,1-4H3. The van der Waals surface area contributed by atoms with Crippen molar-refractivity contribution in [3.05, 3.63) is 47.1 Å². The highest BCUT2D eigenvalue weighted by Crippen LogP contribution is 2.17. The number of aromatic nitrogens is 2. The first-order valence-electron chi connectivity index (χ1n) is 6.65. The molecule has 2 aromatic rings. The Balaban J connectivity index is 2.07. The molecule has 0 amide bonds. The van der Waals surface area contributed by atoms with Crippen LogP contribution in [0.25, 0.3) is 0 Å². The van der Waals surface area contributed by atoms with Crippen LogP contribution in [0.4, 0.5) is 0 Å². The molecule has 0 aliphatic carbocycles. The van der Waals surface area contributed by atoms with Gasteiger partial charge in [-0.2, -0.15) is 4.98 Å². The van der Waals surface area contributed by atoms with Gasteiger partial charge in [-0.25, -0.2) is 0 Å². The maximum Gasteiger partial charge on any atom is 0.231 e. The van der Waals surface area contributed by atoms with E-state index >= 15 is 0 Å². The first-order valence-corrected chi connectivity index (χ1v) is 6.65. The highest BCUT2D eigenvalue weighted by atomic mass is 16.5. The van der Waals surface area contributed by atoms with Crippen molar-refractivity contribution in [1.82, 2.24) is 15.5 Å². The molecule has 0 aliphatic heterocycles. The minimum atomic E-state index is 0.212. The molecule has 2 rings (SSSR count). The zero-order valence-electron chi connectivity index (χ0n) is 12.0. The van der Waals surface area contributed by atoms with E-state index in [2.05, 4.69) is 60.5 Å². The summed E-state index contributed by atoms with van der Waals surface area (Å²) in [5.74, 6) is 1.65. The van der Waals surface area contributed by atoms with E-state index in [9.17, 15) is 0 Å². The quantitative estimate of drug-likeness (QED) is 0.897. The van der Waals surface area contributed by atoms with E-state index in [0.717, 1.165) is 5.82 Å². The lowest BCUT2D eigenvalue weighted by Crippen LogP contribution is -2.27. The van der Waals surface area contributed by atoms with Gasteiger partial charge in [0, 0.05) is 12.5 Å². The highest BCUT2D eigenvalue weighted by Gasteiger charge is 2.19. The SMILES string of the molecule is CNC(C)C(C)c1nc(Cc2ccc(C)cc2)no1. The molecule has 1 aromatic carbocycles. The van der Waals surface area contributed by atoms with Crippen LogP contribution in [0, 0.1) is 6.92 Å². The second-order valence-electron chi connectivity index (χ2n) is 5.08. The maximum atomic E-state index is 5.34. The van der Waals surface area contributed by atoms with Crippen LogP contribution in [0.1, 0.15) is 42.6 Å². The molecule has 0 saturated carbocycles. The molecule has 0 radical (unpaired) electrons. The summed E-state index contributed by atoms with van der Waals surface area (Å²) in [6.45, 7) is 6.27. The fourth-order valence-electron chi connectivity index (χ4n) is 1.88. The Morgan fingerprint density at radius 2 is 1.89 bits per heavy atom. The second-order valence-corrected chi connectivity index (χ2v) is 5.08. The Kier molecular flexibility index (Phi) is 4.32. The van der Waals surface area contributed by atoms with Crippen molar-refractivity contribution in [3.8, 4) is 0 Å². The Morgan fingerprint density at radius 3 is 2.53 bits per heavy atom. The van der Waals surface area contributed by atoms with E-state index < -0.39 is 0 Å². The number of aryl methyl sites for hydroxylation is 1. The first kappa shape index (κ1) is 13.7. The van der Waals surface area contributed by atoms with Crippen molar-refractivity contribution >= 4 is 0 Å². The maximum absolute atomic E-state index is 5.34. The molecule has 1 heterocycles. The molecule has 4 heteroatoms. The third kappa shape index (κ3) is 3.41. The van der Waals surface area contributed by atoms with Crippen LogP contribution in [-0.4, -0.2) is 23.2 Å². The Bertz CT molecular complexity index is 518. The van der Waals surface area contributed by atoms with Crippen molar-refractivity contribution in [2.45, 2.75) is 39.2 Å². The largest absolute Gasteiger partial charge is 0.339 e. The number of nitrogens with one attached hydrogen (secondary N) is 1. The highest BCUT2D eigenvalue weighted by molar-refractivity contribution is 5.23. The van der Waals surface area contributed by atoms with Gasteiger partial charge >= 0.3 is 0 Å². The van der Waals surface area contributed by atoms with Gasteiger partial charge in [0.2, 0.25) is 5.89 Å².